The third kappa shape index (κ3) is 3.82. The first kappa shape index (κ1) is 21.8. The minimum absolute atomic E-state index is 0.115. The van der Waals surface area contributed by atoms with Crippen molar-refractivity contribution in [2.45, 2.75) is 37.6 Å². The van der Waals surface area contributed by atoms with Crippen LogP contribution in [0.1, 0.15) is 17.3 Å². The zero-order valence-corrected chi connectivity index (χ0v) is 17.3. The highest BCUT2D eigenvalue weighted by atomic mass is 35.5. The lowest BCUT2D eigenvalue weighted by molar-refractivity contribution is -0.277. The lowest BCUT2D eigenvalue weighted by Crippen LogP contribution is -2.60. The van der Waals surface area contributed by atoms with Crippen molar-refractivity contribution < 1.29 is 34.7 Å². The van der Waals surface area contributed by atoms with Gasteiger partial charge in [-0.05, 0) is 31.2 Å². The monoisotopic (exact) mass is 447 g/mol. The molecule has 9 heteroatoms. The number of aromatic nitrogens is 1. The van der Waals surface area contributed by atoms with Crippen LogP contribution in [0.4, 0.5) is 0 Å². The number of nitrogens with zero attached hydrogens (tertiary/aromatic N) is 1. The van der Waals surface area contributed by atoms with Crippen LogP contribution in [0.2, 0.25) is 5.02 Å². The molecule has 4 N–H and O–H groups in total. The van der Waals surface area contributed by atoms with E-state index in [0.29, 0.717) is 27.2 Å². The number of carbonyl (C=O) groups excluding carboxylic acids is 1. The molecule has 0 saturated carbocycles. The number of hydrogen-bond acceptors (Lipinski definition) is 7. The number of ether oxygens (including phenoxy) is 2. The van der Waals surface area contributed by atoms with Gasteiger partial charge in [-0.25, -0.2) is 0 Å². The van der Waals surface area contributed by atoms with E-state index in [4.69, 9.17) is 21.1 Å². The van der Waals surface area contributed by atoms with Crippen LogP contribution in [0.5, 0.6) is 5.75 Å². The van der Waals surface area contributed by atoms with Crippen LogP contribution < -0.4 is 4.74 Å². The molecule has 164 valence electrons. The van der Waals surface area contributed by atoms with Crippen LogP contribution >= 0.6 is 11.6 Å². The van der Waals surface area contributed by atoms with Gasteiger partial charge in [-0.1, -0.05) is 29.8 Å². The second-order valence-corrected chi connectivity index (χ2v) is 7.79. The van der Waals surface area contributed by atoms with Gasteiger partial charge in [0.2, 0.25) is 6.29 Å². The number of carbonyl (C=O) groups is 1. The standard InChI is InChI=1S/C22H22ClNO7/c1-11(26)12-5-2-3-7-14(12)24-9-16(18-13(23)6-4-8-15(18)24)30-22-21(29)20(28)19(27)17(10-25)31-22/h2-9,17,19-22,25,27-29H,10H2,1H3/t17-,19+,20+,21-,22+/m1/s1. The maximum absolute atomic E-state index is 12.1. The number of rotatable bonds is 5. The zero-order chi connectivity index (χ0) is 22.3. The molecule has 4 rings (SSSR count). The van der Waals surface area contributed by atoms with Gasteiger partial charge in [0.25, 0.3) is 0 Å². The average Bonchev–Trinajstić information content (AvgIpc) is 3.13. The largest absolute Gasteiger partial charge is 0.460 e. The fourth-order valence-corrected chi connectivity index (χ4v) is 4.03. The quantitative estimate of drug-likeness (QED) is 0.439. The molecule has 2 heterocycles. The topological polar surface area (TPSA) is 121 Å². The molecular formula is C22H22ClNO7. The van der Waals surface area contributed by atoms with Gasteiger partial charge in [0.05, 0.1) is 34.4 Å². The molecule has 0 unspecified atom stereocenters. The first-order valence-corrected chi connectivity index (χ1v) is 10.1. The van der Waals surface area contributed by atoms with Crippen molar-refractivity contribution in [2.75, 3.05) is 6.61 Å². The summed E-state index contributed by atoms with van der Waals surface area (Å²) in [4.78, 5) is 12.1. The summed E-state index contributed by atoms with van der Waals surface area (Å²) in [6, 6.07) is 12.3. The second kappa shape index (κ2) is 8.58. The van der Waals surface area contributed by atoms with Crippen LogP contribution in [0.3, 0.4) is 0 Å². The molecule has 5 atom stereocenters. The summed E-state index contributed by atoms with van der Waals surface area (Å²) in [7, 11) is 0. The highest BCUT2D eigenvalue weighted by Gasteiger charge is 2.45. The second-order valence-electron chi connectivity index (χ2n) is 7.39. The smallest absolute Gasteiger partial charge is 0.229 e. The van der Waals surface area contributed by atoms with E-state index in [0.717, 1.165) is 0 Å². The molecule has 1 aromatic heterocycles. The maximum Gasteiger partial charge on any atom is 0.229 e. The SMILES string of the molecule is CC(=O)c1ccccc1-n1cc(O[C@H]2O[C@H](CO)[C@H](O)[C@H](O)[C@H]2O)c2c(Cl)cccc21. The molecular weight excluding hydrogens is 426 g/mol. The highest BCUT2D eigenvalue weighted by molar-refractivity contribution is 6.36. The van der Waals surface area contributed by atoms with E-state index in [1.165, 1.54) is 6.92 Å². The Labute approximate surface area is 182 Å². The molecule has 1 saturated heterocycles. The lowest BCUT2D eigenvalue weighted by atomic mass is 9.99. The van der Waals surface area contributed by atoms with Crippen molar-refractivity contribution in [3.63, 3.8) is 0 Å². The van der Waals surface area contributed by atoms with Crippen molar-refractivity contribution in [1.29, 1.82) is 0 Å². The first-order valence-electron chi connectivity index (χ1n) is 9.70. The van der Waals surface area contributed by atoms with Gasteiger partial charge in [0.15, 0.2) is 5.78 Å². The summed E-state index contributed by atoms with van der Waals surface area (Å²) in [6.45, 7) is 0.905. The minimum Gasteiger partial charge on any atom is -0.460 e. The van der Waals surface area contributed by atoms with Crippen molar-refractivity contribution >= 4 is 28.3 Å². The van der Waals surface area contributed by atoms with Gasteiger partial charge in [-0.15, -0.1) is 0 Å². The maximum atomic E-state index is 12.1. The number of para-hydroxylation sites is 1. The summed E-state index contributed by atoms with van der Waals surface area (Å²) in [6.07, 6.45) is -5.49. The van der Waals surface area contributed by atoms with Crippen LogP contribution in [-0.4, -0.2) is 68.1 Å². The molecule has 0 radical (unpaired) electrons. The molecule has 0 amide bonds. The van der Waals surface area contributed by atoms with Crippen LogP contribution in [0, 0.1) is 0 Å². The molecule has 1 fully saturated rings. The van der Waals surface area contributed by atoms with Gasteiger partial charge in [-0.3, -0.25) is 4.79 Å². The normalized spacial score (nSPS) is 26.2. The molecule has 3 aromatic rings. The van der Waals surface area contributed by atoms with Gasteiger partial charge in [0.1, 0.15) is 30.2 Å². The van der Waals surface area contributed by atoms with E-state index in [2.05, 4.69) is 0 Å². The Morgan fingerprint density at radius 1 is 1.10 bits per heavy atom. The van der Waals surface area contributed by atoms with E-state index >= 15 is 0 Å². The molecule has 8 nitrogen and oxygen atoms in total. The average molecular weight is 448 g/mol. The predicted octanol–water partition coefficient (Wildman–Crippen LogP) is 1.67. The first-order chi connectivity index (χ1) is 14.8. The molecule has 31 heavy (non-hydrogen) atoms. The molecule has 1 aliphatic heterocycles. The summed E-state index contributed by atoms with van der Waals surface area (Å²) < 4.78 is 13.1. The molecule has 2 aromatic carbocycles. The number of aliphatic hydroxyl groups excluding tert-OH is 4. The van der Waals surface area contributed by atoms with Crippen LogP contribution in [0.25, 0.3) is 16.6 Å². The minimum atomic E-state index is -1.57. The molecule has 0 bridgehead atoms. The van der Waals surface area contributed by atoms with E-state index in [-0.39, 0.29) is 11.5 Å². The summed E-state index contributed by atoms with van der Waals surface area (Å²) >= 11 is 6.43. The van der Waals surface area contributed by atoms with E-state index in [1.54, 1.807) is 53.2 Å². The fraction of sp³-hybridized carbons (Fsp3) is 0.318. The third-order valence-corrected chi connectivity index (χ3v) is 5.69. The van der Waals surface area contributed by atoms with Crippen molar-refractivity contribution in [2.24, 2.45) is 0 Å². The third-order valence-electron chi connectivity index (χ3n) is 5.38. The number of fused-ring (bicyclic) bond motifs is 1. The van der Waals surface area contributed by atoms with Gasteiger partial charge >= 0.3 is 0 Å². The highest BCUT2D eigenvalue weighted by Crippen LogP contribution is 2.38. The Morgan fingerprint density at radius 3 is 2.55 bits per heavy atom. The van der Waals surface area contributed by atoms with E-state index in [1.807, 2.05) is 0 Å². The number of aliphatic hydroxyl groups is 4. The molecule has 1 aliphatic rings. The molecule has 0 aliphatic carbocycles. The Bertz CT molecular complexity index is 1110. The van der Waals surface area contributed by atoms with Crippen molar-refractivity contribution in [3.05, 3.63) is 59.2 Å². The number of ketones is 1. The van der Waals surface area contributed by atoms with E-state index < -0.39 is 37.3 Å². The Balaban J connectivity index is 1.81. The van der Waals surface area contributed by atoms with Crippen LogP contribution in [0.15, 0.2) is 48.7 Å². The lowest BCUT2D eigenvalue weighted by Gasteiger charge is -2.39. The number of halogens is 1. The fourth-order valence-electron chi connectivity index (χ4n) is 3.77. The predicted molar refractivity (Wildman–Crippen MR) is 113 cm³/mol. The zero-order valence-electron chi connectivity index (χ0n) is 16.6. The van der Waals surface area contributed by atoms with Gasteiger partial charge < -0.3 is 34.5 Å². The Hall–Kier alpha value is -2.46. The van der Waals surface area contributed by atoms with Gasteiger partial charge in [0, 0.05) is 5.56 Å². The number of Topliss-reactive ketones (excluding diaryl/α,β-unsaturated/α-hetero) is 1. The summed E-state index contributed by atoms with van der Waals surface area (Å²) in [5.74, 6) is 0.124. The van der Waals surface area contributed by atoms with Gasteiger partial charge in [-0.2, -0.15) is 0 Å². The van der Waals surface area contributed by atoms with Crippen molar-refractivity contribution in [3.8, 4) is 11.4 Å². The summed E-state index contributed by atoms with van der Waals surface area (Å²) in [5, 5.41) is 40.7. The Kier molecular flexibility index (Phi) is 6.02. The van der Waals surface area contributed by atoms with E-state index in [9.17, 15) is 25.2 Å². The molecule has 0 spiro atoms. The Morgan fingerprint density at radius 2 is 1.84 bits per heavy atom. The number of benzene rings is 2. The summed E-state index contributed by atoms with van der Waals surface area (Å²) in [5.41, 5.74) is 1.77. The van der Waals surface area contributed by atoms with Crippen molar-refractivity contribution in [1.82, 2.24) is 4.57 Å². The van der Waals surface area contributed by atoms with Crippen LogP contribution in [-0.2, 0) is 4.74 Å². The number of hydrogen-bond donors (Lipinski definition) is 4.